The number of nitro benzene ring substituents is 1. The number of carbonyl (C=O) groups is 1. The van der Waals surface area contributed by atoms with E-state index in [1.165, 1.54) is 24.1 Å². The van der Waals surface area contributed by atoms with Gasteiger partial charge >= 0.3 is 0 Å². The molecule has 10 nitrogen and oxygen atoms in total. The topological polar surface area (TPSA) is 141 Å². The van der Waals surface area contributed by atoms with E-state index < -0.39 is 10.8 Å². The molecule has 1 aliphatic carbocycles. The van der Waals surface area contributed by atoms with Gasteiger partial charge < -0.3 is 19.9 Å². The smallest absolute Gasteiger partial charge is 0.296 e. The minimum absolute atomic E-state index is 0.0604. The number of hydrogen-bond donors (Lipinski definition) is 1. The SMILES string of the molecule is COc1ccc(OCc2cc(C3C(C#N)=C(N)N(c4ccc(OC)cc4[N+](=O)[O-])C4=C3C(=O)CCC4)c(C)cc2C)cc1. The third kappa shape index (κ3) is 5.37. The van der Waals surface area contributed by atoms with Crippen molar-refractivity contribution in [1.82, 2.24) is 0 Å². The quantitative estimate of drug-likeness (QED) is 0.247. The highest BCUT2D eigenvalue weighted by Gasteiger charge is 2.42. The van der Waals surface area contributed by atoms with Gasteiger partial charge in [0.1, 0.15) is 35.4 Å². The predicted octanol–water partition coefficient (Wildman–Crippen LogP) is 6.11. The Hall–Kier alpha value is -5.30. The van der Waals surface area contributed by atoms with E-state index >= 15 is 0 Å². The number of allylic oxidation sites excluding steroid dienone is 3. The number of nitrogens with zero attached hydrogens (tertiary/aromatic N) is 3. The maximum Gasteiger partial charge on any atom is 0.296 e. The van der Waals surface area contributed by atoms with Crippen LogP contribution in [0.3, 0.4) is 0 Å². The molecule has 1 unspecified atom stereocenters. The largest absolute Gasteiger partial charge is 0.497 e. The lowest BCUT2D eigenvalue weighted by Gasteiger charge is -2.39. The van der Waals surface area contributed by atoms with E-state index in [1.807, 2.05) is 50.2 Å². The lowest BCUT2D eigenvalue weighted by Crippen LogP contribution is -2.39. The molecule has 5 rings (SSSR count). The summed E-state index contributed by atoms with van der Waals surface area (Å²) in [7, 11) is 3.03. The molecule has 0 bridgehead atoms. The number of carbonyl (C=O) groups excluding carboxylic acids is 1. The number of ether oxygens (including phenoxy) is 3. The highest BCUT2D eigenvalue weighted by atomic mass is 16.6. The van der Waals surface area contributed by atoms with E-state index in [0.29, 0.717) is 42.0 Å². The Kier molecular flexibility index (Phi) is 8.08. The van der Waals surface area contributed by atoms with Gasteiger partial charge in [0.2, 0.25) is 0 Å². The monoisotopic (exact) mass is 580 g/mol. The summed E-state index contributed by atoms with van der Waals surface area (Å²) < 4.78 is 16.5. The number of ketones is 1. The summed E-state index contributed by atoms with van der Waals surface area (Å²) in [6.07, 6.45) is 1.34. The van der Waals surface area contributed by atoms with Gasteiger partial charge in [-0.1, -0.05) is 12.1 Å². The van der Waals surface area contributed by atoms with Crippen molar-refractivity contribution in [2.45, 2.75) is 45.6 Å². The van der Waals surface area contributed by atoms with Gasteiger partial charge in [0, 0.05) is 17.7 Å². The molecule has 0 saturated carbocycles. The van der Waals surface area contributed by atoms with Crippen LogP contribution in [0.2, 0.25) is 0 Å². The molecule has 0 aromatic heterocycles. The van der Waals surface area contributed by atoms with Gasteiger partial charge in [0.05, 0.1) is 42.8 Å². The Bertz CT molecular complexity index is 1720. The first-order chi connectivity index (χ1) is 20.7. The van der Waals surface area contributed by atoms with Crippen molar-refractivity contribution in [2.75, 3.05) is 19.1 Å². The van der Waals surface area contributed by atoms with Crippen LogP contribution in [0.15, 0.2) is 77.3 Å². The molecule has 3 aromatic carbocycles. The molecule has 1 aliphatic heterocycles. The molecule has 0 radical (unpaired) electrons. The number of nitriles is 1. The van der Waals surface area contributed by atoms with Crippen molar-refractivity contribution in [2.24, 2.45) is 5.73 Å². The highest BCUT2D eigenvalue weighted by Crippen LogP contribution is 2.49. The Labute approximate surface area is 249 Å². The first kappa shape index (κ1) is 29.2. The molecule has 2 N–H and O–H groups in total. The van der Waals surface area contributed by atoms with Gasteiger partial charge in [-0.2, -0.15) is 5.26 Å². The zero-order valence-electron chi connectivity index (χ0n) is 24.5. The highest BCUT2D eigenvalue weighted by molar-refractivity contribution is 6.01. The number of Topliss-reactive ketones (excluding diaryl/α,β-unsaturated/α-hetero) is 1. The Morgan fingerprint density at radius 2 is 1.67 bits per heavy atom. The van der Waals surface area contributed by atoms with Gasteiger partial charge in [-0.15, -0.1) is 0 Å². The molecule has 220 valence electrons. The zero-order chi connectivity index (χ0) is 30.8. The number of hydrogen-bond acceptors (Lipinski definition) is 9. The standard InChI is InChI=1S/C33H32N4O6/c1-19-14-20(2)25(15-21(19)18-43-23-10-8-22(41-3)9-11-23)31-26(17-34)33(35)36(28-6-5-7-30(38)32(28)31)27-13-12-24(42-4)16-29(27)37(39)40/h8-16,31H,5-7,18,35H2,1-4H3. The summed E-state index contributed by atoms with van der Waals surface area (Å²) in [6.45, 7) is 4.19. The Morgan fingerprint density at radius 1 is 1.00 bits per heavy atom. The Morgan fingerprint density at radius 3 is 2.33 bits per heavy atom. The molecule has 0 fully saturated rings. The average Bonchev–Trinajstić information content (AvgIpc) is 3.00. The third-order valence-corrected chi connectivity index (χ3v) is 8.02. The van der Waals surface area contributed by atoms with Crippen LogP contribution >= 0.6 is 0 Å². The molecule has 1 atom stereocenters. The van der Waals surface area contributed by atoms with Crippen molar-refractivity contribution < 1.29 is 23.9 Å². The van der Waals surface area contributed by atoms with E-state index in [2.05, 4.69) is 6.07 Å². The number of rotatable bonds is 8. The van der Waals surface area contributed by atoms with Gasteiger partial charge in [-0.25, -0.2) is 0 Å². The van der Waals surface area contributed by atoms with Crippen LogP contribution in [0.4, 0.5) is 11.4 Å². The van der Waals surface area contributed by atoms with Crippen molar-refractivity contribution in [1.29, 1.82) is 5.26 Å². The van der Waals surface area contributed by atoms with Gasteiger partial charge in [-0.05, 0) is 85.3 Å². The summed E-state index contributed by atoms with van der Waals surface area (Å²) in [6, 6.07) is 18.0. The molecule has 2 aliphatic rings. The van der Waals surface area contributed by atoms with Crippen LogP contribution in [0.25, 0.3) is 0 Å². The lowest BCUT2D eigenvalue weighted by molar-refractivity contribution is -0.384. The summed E-state index contributed by atoms with van der Waals surface area (Å²) in [4.78, 5) is 26.8. The first-order valence-electron chi connectivity index (χ1n) is 13.8. The molecule has 1 heterocycles. The fraction of sp³-hybridized carbons (Fsp3) is 0.273. The van der Waals surface area contributed by atoms with Crippen molar-refractivity contribution in [3.05, 3.63) is 110 Å². The second-order valence-electron chi connectivity index (χ2n) is 10.5. The second-order valence-corrected chi connectivity index (χ2v) is 10.5. The summed E-state index contributed by atoms with van der Waals surface area (Å²) in [5.41, 5.74) is 11.4. The minimum Gasteiger partial charge on any atom is -0.497 e. The van der Waals surface area contributed by atoms with Crippen LogP contribution in [0.5, 0.6) is 17.2 Å². The number of methoxy groups -OCH3 is 2. The zero-order valence-corrected chi connectivity index (χ0v) is 24.5. The van der Waals surface area contributed by atoms with E-state index in [0.717, 1.165) is 28.0 Å². The fourth-order valence-electron chi connectivity index (χ4n) is 5.85. The van der Waals surface area contributed by atoms with Crippen LogP contribution in [0, 0.1) is 35.3 Å². The molecule has 43 heavy (non-hydrogen) atoms. The Balaban J connectivity index is 1.63. The van der Waals surface area contributed by atoms with Crippen LogP contribution in [-0.2, 0) is 11.4 Å². The first-order valence-corrected chi connectivity index (χ1v) is 13.8. The minimum atomic E-state index is -0.721. The van der Waals surface area contributed by atoms with E-state index in [4.69, 9.17) is 19.9 Å². The number of nitrogens with two attached hydrogens (primary N) is 1. The van der Waals surface area contributed by atoms with Crippen molar-refractivity contribution in [3.63, 3.8) is 0 Å². The molecule has 0 amide bonds. The average molecular weight is 581 g/mol. The fourth-order valence-corrected chi connectivity index (χ4v) is 5.85. The van der Waals surface area contributed by atoms with E-state index in [-0.39, 0.29) is 35.2 Å². The van der Waals surface area contributed by atoms with Gasteiger partial charge in [0.25, 0.3) is 5.69 Å². The number of benzene rings is 3. The van der Waals surface area contributed by atoms with Crippen LogP contribution in [-0.4, -0.2) is 24.9 Å². The predicted molar refractivity (Wildman–Crippen MR) is 161 cm³/mol. The van der Waals surface area contributed by atoms with Crippen molar-refractivity contribution >= 4 is 17.2 Å². The summed E-state index contributed by atoms with van der Waals surface area (Å²) >= 11 is 0. The lowest BCUT2D eigenvalue weighted by atomic mass is 9.74. The normalized spacial score (nSPS) is 16.5. The van der Waals surface area contributed by atoms with Gasteiger partial charge in [-0.3, -0.25) is 19.8 Å². The summed E-state index contributed by atoms with van der Waals surface area (Å²) in [5, 5.41) is 22.6. The van der Waals surface area contributed by atoms with Gasteiger partial charge in [0.15, 0.2) is 5.78 Å². The van der Waals surface area contributed by atoms with Crippen molar-refractivity contribution in [3.8, 4) is 23.3 Å². The maximum absolute atomic E-state index is 13.7. The maximum atomic E-state index is 13.7. The summed E-state index contributed by atoms with van der Waals surface area (Å²) in [5.74, 6) is 0.936. The molecule has 0 saturated heterocycles. The van der Waals surface area contributed by atoms with Crippen LogP contribution in [0.1, 0.15) is 47.4 Å². The molecule has 0 spiro atoms. The van der Waals surface area contributed by atoms with E-state index in [9.17, 15) is 20.2 Å². The van der Waals surface area contributed by atoms with E-state index in [1.54, 1.807) is 13.2 Å². The number of nitro groups is 1. The van der Waals surface area contributed by atoms with Crippen LogP contribution < -0.4 is 24.8 Å². The molecule has 10 heteroatoms. The molecule has 3 aromatic rings. The number of anilines is 1. The second kappa shape index (κ2) is 11.9. The molecular formula is C33H32N4O6. The number of aryl methyl sites for hydroxylation is 2. The third-order valence-electron chi connectivity index (χ3n) is 8.02. The molecular weight excluding hydrogens is 548 g/mol.